The Kier molecular flexibility index (Phi) is 5.90. The average Bonchev–Trinajstić information content (AvgIpc) is 2.97. The van der Waals surface area contributed by atoms with Crippen molar-refractivity contribution in [2.75, 3.05) is 35.7 Å². The van der Waals surface area contributed by atoms with Crippen LogP contribution in [-0.4, -0.2) is 31.0 Å². The van der Waals surface area contributed by atoms with Crippen molar-refractivity contribution in [2.45, 2.75) is 25.7 Å². The highest BCUT2D eigenvalue weighted by atomic mass is 16.6. The van der Waals surface area contributed by atoms with E-state index in [0.717, 1.165) is 18.8 Å². The van der Waals surface area contributed by atoms with Gasteiger partial charge in [-0.15, -0.1) is 0 Å². The summed E-state index contributed by atoms with van der Waals surface area (Å²) in [6.45, 7) is 2.12. The molecule has 0 atom stereocenters. The van der Waals surface area contributed by atoms with E-state index >= 15 is 0 Å². The Hall–Kier alpha value is -3.09. The van der Waals surface area contributed by atoms with Gasteiger partial charge < -0.3 is 15.5 Å². The summed E-state index contributed by atoms with van der Waals surface area (Å²) in [5.41, 5.74) is 2.48. The van der Waals surface area contributed by atoms with Gasteiger partial charge in [-0.1, -0.05) is 12.8 Å². The second-order valence-electron chi connectivity index (χ2n) is 6.64. The number of nitrogens with zero attached hydrogens (tertiary/aromatic N) is 2. The van der Waals surface area contributed by atoms with Crippen LogP contribution in [0, 0.1) is 10.1 Å². The van der Waals surface area contributed by atoms with Crippen LogP contribution in [0.2, 0.25) is 0 Å². The molecule has 0 bridgehead atoms. The number of hydrogen-bond acceptors (Lipinski definition) is 5. The Morgan fingerprint density at radius 3 is 2.30 bits per heavy atom. The molecule has 7 heteroatoms. The number of nitro groups is 1. The predicted octanol–water partition coefficient (Wildman–Crippen LogP) is 4.27. The molecule has 27 heavy (non-hydrogen) atoms. The second-order valence-corrected chi connectivity index (χ2v) is 6.64. The van der Waals surface area contributed by atoms with Crippen molar-refractivity contribution in [1.82, 2.24) is 0 Å². The van der Waals surface area contributed by atoms with E-state index in [9.17, 15) is 14.9 Å². The fraction of sp³-hybridized carbons (Fsp3) is 0.350. The van der Waals surface area contributed by atoms with Crippen LogP contribution in [0.15, 0.2) is 42.5 Å². The fourth-order valence-corrected chi connectivity index (χ4v) is 3.33. The summed E-state index contributed by atoms with van der Waals surface area (Å²) < 4.78 is 0. The van der Waals surface area contributed by atoms with Crippen LogP contribution >= 0.6 is 0 Å². The van der Waals surface area contributed by atoms with Gasteiger partial charge in [0.05, 0.1) is 10.5 Å². The van der Waals surface area contributed by atoms with E-state index in [0.29, 0.717) is 11.4 Å². The molecule has 2 aromatic carbocycles. The van der Waals surface area contributed by atoms with E-state index in [1.807, 2.05) is 24.3 Å². The number of carbonyl (C=O) groups excluding carboxylic acids is 1. The van der Waals surface area contributed by atoms with Crippen LogP contribution in [0.4, 0.5) is 22.7 Å². The van der Waals surface area contributed by atoms with Gasteiger partial charge in [-0.3, -0.25) is 14.9 Å². The maximum atomic E-state index is 12.6. The van der Waals surface area contributed by atoms with Gasteiger partial charge in [0, 0.05) is 49.3 Å². The van der Waals surface area contributed by atoms with Crippen LogP contribution in [-0.2, 0) is 0 Å². The monoisotopic (exact) mass is 368 g/mol. The van der Waals surface area contributed by atoms with E-state index in [2.05, 4.69) is 15.5 Å². The number of nitrogens with one attached hydrogen (secondary N) is 2. The van der Waals surface area contributed by atoms with Gasteiger partial charge >= 0.3 is 0 Å². The van der Waals surface area contributed by atoms with Crippen molar-refractivity contribution in [1.29, 1.82) is 0 Å². The lowest BCUT2D eigenvalue weighted by Crippen LogP contribution is -2.23. The summed E-state index contributed by atoms with van der Waals surface area (Å²) in [5, 5.41) is 16.7. The number of benzene rings is 2. The summed E-state index contributed by atoms with van der Waals surface area (Å²) in [6, 6.07) is 11.9. The molecular formula is C20H24N4O3. The van der Waals surface area contributed by atoms with Crippen molar-refractivity contribution < 1.29 is 9.72 Å². The largest absolute Gasteiger partial charge is 0.387 e. The smallest absolute Gasteiger partial charge is 0.270 e. The van der Waals surface area contributed by atoms with E-state index in [-0.39, 0.29) is 17.2 Å². The highest BCUT2D eigenvalue weighted by molar-refractivity contribution is 6.08. The highest BCUT2D eigenvalue weighted by Crippen LogP contribution is 2.25. The number of nitro benzene ring substituents is 1. The Morgan fingerprint density at radius 2 is 1.70 bits per heavy atom. The van der Waals surface area contributed by atoms with Crippen molar-refractivity contribution in [3.05, 3.63) is 58.1 Å². The predicted molar refractivity (Wildman–Crippen MR) is 108 cm³/mol. The zero-order valence-electron chi connectivity index (χ0n) is 15.4. The molecule has 2 aromatic rings. The summed E-state index contributed by atoms with van der Waals surface area (Å²) >= 11 is 0. The van der Waals surface area contributed by atoms with Crippen LogP contribution in [0.25, 0.3) is 0 Å². The Morgan fingerprint density at radius 1 is 1.04 bits per heavy atom. The molecule has 0 aromatic heterocycles. The first kappa shape index (κ1) is 18.7. The molecule has 1 aliphatic rings. The van der Waals surface area contributed by atoms with E-state index in [1.165, 1.54) is 43.9 Å². The normalized spacial score (nSPS) is 14.3. The van der Waals surface area contributed by atoms with Crippen LogP contribution in [0.5, 0.6) is 0 Å². The van der Waals surface area contributed by atoms with Crippen LogP contribution in [0.1, 0.15) is 36.0 Å². The number of amides is 1. The number of non-ortho nitro benzene ring substituents is 1. The van der Waals surface area contributed by atoms with Crippen molar-refractivity contribution in [2.24, 2.45) is 0 Å². The van der Waals surface area contributed by atoms with Gasteiger partial charge in [-0.25, -0.2) is 0 Å². The Labute approximate surface area is 158 Å². The minimum Gasteiger partial charge on any atom is -0.387 e. The molecule has 1 aliphatic heterocycles. The van der Waals surface area contributed by atoms with E-state index in [1.54, 1.807) is 7.05 Å². The van der Waals surface area contributed by atoms with E-state index < -0.39 is 4.92 Å². The van der Waals surface area contributed by atoms with Gasteiger partial charge in [-0.05, 0) is 43.2 Å². The van der Waals surface area contributed by atoms with Crippen molar-refractivity contribution in [3.63, 3.8) is 0 Å². The molecule has 1 saturated heterocycles. The van der Waals surface area contributed by atoms with Crippen LogP contribution in [0.3, 0.4) is 0 Å². The maximum absolute atomic E-state index is 12.6. The van der Waals surface area contributed by atoms with E-state index in [4.69, 9.17) is 0 Å². The van der Waals surface area contributed by atoms with Crippen molar-refractivity contribution in [3.8, 4) is 0 Å². The minimum absolute atomic E-state index is 0.115. The molecule has 142 valence electrons. The van der Waals surface area contributed by atoms with Gasteiger partial charge in [0.15, 0.2) is 0 Å². The third kappa shape index (κ3) is 4.55. The molecule has 1 fully saturated rings. The zero-order valence-corrected chi connectivity index (χ0v) is 15.4. The van der Waals surface area contributed by atoms with Gasteiger partial charge in [-0.2, -0.15) is 0 Å². The first-order chi connectivity index (χ1) is 13.1. The third-order valence-electron chi connectivity index (χ3n) is 4.82. The molecule has 7 nitrogen and oxygen atoms in total. The zero-order chi connectivity index (χ0) is 19.2. The number of hydrogen-bond donors (Lipinski definition) is 2. The Bertz CT molecular complexity index is 812. The summed E-state index contributed by atoms with van der Waals surface area (Å²) in [6.07, 6.45) is 4.97. The van der Waals surface area contributed by atoms with Crippen LogP contribution < -0.4 is 15.5 Å². The number of rotatable bonds is 5. The average molecular weight is 368 g/mol. The Balaban J connectivity index is 1.74. The molecule has 2 N–H and O–H groups in total. The lowest BCUT2D eigenvalue weighted by molar-refractivity contribution is -0.384. The van der Waals surface area contributed by atoms with Gasteiger partial charge in [0.25, 0.3) is 11.6 Å². The summed E-state index contributed by atoms with van der Waals surface area (Å²) in [7, 11) is 1.67. The highest BCUT2D eigenvalue weighted by Gasteiger charge is 2.17. The summed E-state index contributed by atoms with van der Waals surface area (Å²) in [5.74, 6) is -0.384. The minimum atomic E-state index is -0.508. The number of carbonyl (C=O) groups is 1. The molecule has 0 unspecified atom stereocenters. The molecule has 3 rings (SSSR count). The summed E-state index contributed by atoms with van der Waals surface area (Å²) in [4.78, 5) is 25.5. The quantitative estimate of drug-likeness (QED) is 0.608. The van der Waals surface area contributed by atoms with Gasteiger partial charge in [0.1, 0.15) is 0 Å². The lowest BCUT2D eigenvalue weighted by atomic mass is 10.1. The first-order valence-corrected chi connectivity index (χ1v) is 9.21. The standard InChI is InChI=1S/C20H24N4O3/c1-21-19-11-10-17(24(26)27)14-18(19)20(25)22-15-6-8-16(9-7-15)23-12-4-2-3-5-13-23/h6-11,14,21H,2-5,12-13H2,1H3,(H,22,25). The van der Waals surface area contributed by atoms with Gasteiger partial charge in [0.2, 0.25) is 0 Å². The lowest BCUT2D eigenvalue weighted by Gasteiger charge is -2.22. The maximum Gasteiger partial charge on any atom is 0.270 e. The molecule has 1 heterocycles. The topological polar surface area (TPSA) is 87.5 Å². The molecule has 0 aliphatic carbocycles. The molecule has 0 spiro atoms. The fourth-order valence-electron chi connectivity index (χ4n) is 3.33. The SMILES string of the molecule is CNc1ccc([N+](=O)[O-])cc1C(=O)Nc1ccc(N2CCCCCC2)cc1. The first-order valence-electron chi connectivity index (χ1n) is 9.21. The second kappa shape index (κ2) is 8.53. The number of anilines is 3. The molecular weight excluding hydrogens is 344 g/mol. The third-order valence-corrected chi connectivity index (χ3v) is 4.82. The molecule has 0 radical (unpaired) electrons. The molecule has 1 amide bonds. The molecule has 0 saturated carbocycles. The van der Waals surface area contributed by atoms with Crippen molar-refractivity contribution >= 4 is 28.7 Å².